The first kappa shape index (κ1) is 10.5. The smallest absolute Gasteiger partial charge is 0.0410 e. The van der Waals surface area contributed by atoms with Gasteiger partial charge in [-0.25, -0.2) is 0 Å². The van der Waals surface area contributed by atoms with Crippen LogP contribution in [0.3, 0.4) is 0 Å². The van der Waals surface area contributed by atoms with E-state index >= 15 is 0 Å². The zero-order chi connectivity index (χ0) is 11.0. The van der Waals surface area contributed by atoms with Crippen LogP contribution in [0, 0.1) is 5.92 Å². The van der Waals surface area contributed by atoms with Gasteiger partial charge in [-0.2, -0.15) is 0 Å². The molecule has 3 rings (SSSR count). The molecule has 1 saturated heterocycles. The summed E-state index contributed by atoms with van der Waals surface area (Å²) in [6, 6.07) is 2.85. The van der Waals surface area contributed by atoms with Crippen LogP contribution < -0.4 is 5.32 Å². The maximum absolute atomic E-state index is 4.24. The molecule has 16 heavy (non-hydrogen) atoms. The standard InChI is InChI=1S/C13H15BrN2/c14-12-5-11(7-15-8-12)10-2-1-9-3-4-16-13(9)6-10/h2,5,7-9,13,16H,1,3-4,6H2. The number of nitrogens with one attached hydrogen (secondary N) is 1. The number of pyridine rings is 1. The molecule has 0 radical (unpaired) electrons. The van der Waals surface area contributed by atoms with E-state index in [1.165, 1.54) is 30.5 Å². The van der Waals surface area contributed by atoms with Crippen molar-refractivity contribution in [1.82, 2.24) is 10.3 Å². The second kappa shape index (κ2) is 4.30. The topological polar surface area (TPSA) is 24.9 Å². The highest BCUT2D eigenvalue weighted by Crippen LogP contribution is 2.34. The minimum Gasteiger partial charge on any atom is -0.313 e. The van der Waals surface area contributed by atoms with Crippen molar-refractivity contribution in [2.45, 2.75) is 25.3 Å². The lowest BCUT2D eigenvalue weighted by atomic mass is 9.84. The molecule has 0 bridgehead atoms. The third kappa shape index (κ3) is 1.94. The van der Waals surface area contributed by atoms with Crippen molar-refractivity contribution in [3.8, 4) is 0 Å². The molecule has 1 aromatic rings. The molecule has 2 atom stereocenters. The van der Waals surface area contributed by atoms with E-state index in [9.17, 15) is 0 Å². The summed E-state index contributed by atoms with van der Waals surface area (Å²) in [6.07, 6.45) is 9.92. The summed E-state index contributed by atoms with van der Waals surface area (Å²) in [6.45, 7) is 1.19. The zero-order valence-corrected chi connectivity index (χ0v) is 10.7. The van der Waals surface area contributed by atoms with Crippen LogP contribution >= 0.6 is 15.9 Å². The Morgan fingerprint density at radius 2 is 2.31 bits per heavy atom. The van der Waals surface area contributed by atoms with Crippen LogP contribution in [0.15, 0.2) is 29.0 Å². The number of rotatable bonds is 1. The van der Waals surface area contributed by atoms with Crippen molar-refractivity contribution in [2.24, 2.45) is 5.92 Å². The number of hydrogen-bond acceptors (Lipinski definition) is 2. The third-order valence-corrected chi connectivity index (χ3v) is 4.11. The van der Waals surface area contributed by atoms with Gasteiger partial charge in [-0.15, -0.1) is 0 Å². The van der Waals surface area contributed by atoms with Crippen LogP contribution in [0.2, 0.25) is 0 Å². The van der Waals surface area contributed by atoms with Gasteiger partial charge < -0.3 is 5.32 Å². The molecule has 1 aliphatic heterocycles. The maximum Gasteiger partial charge on any atom is 0.0410 e. The second-order valence-electron chi connectivity index (χ2n) is 4.67. The first-order valence-corrected chi connectivity index (χ1v) is 6.65. The van der Waals surface area contributed by atoms with E-state index in [4.69, 9.17) is 0 Å². The summed E-state index contributed by atoms with van der Waals surface area (Å²) in [7, 11) is 0. The van der Waals surface area contributed by atoms with Gasteiger partial charge in [0, 0.05) is 22.9 Å². The summed E-state index contributed by atoms with van der Waals surface area (Å²) >= 11 is 3.48. The highest BCUT2D eigenvalue weighted by atomic mass is 79.9. The van der Waals surface area contributed by atoms with E-state index in [1.807, 2.05) is 12.4 Å². The summed E-state index contributed by atoms with van der Waals surface area (Å²) in [4.78, 5) is 4.24. The van der Waals surface area contributed by atoms with Gasteiger partial charge in [0.15, 0.2) is 0 Å². The van der Waals surface area contributed by atoms with Crippen molar-refractivity contribution in [1.29, 1.82) is 0 Å². The average molecular weight is 279 g/mol. The molecule has 0 amide bonds. The first-order chi connectivity index (χ1) is 7.83. The van der Waals surface area contributed by atoms with Crippen molar-refractivity contribution in [2.75, 3.05) is 6.54 Å². The lowest BCUT2D eigenvalue weighted by Crippen LogP contribution is -2.29. The van der Waals surface area contributed by atoms with Crippen molar-refractivity contribution in [3.05, 3.63) is 34.6 Å². The molecule has 2 unspecified atom stereocenters. The molecule has 1 fully saturated rings. The van der Waals surface area contributed by atoms with Gasteiger partial charge in [0.25, 0.3) is 0 Å². The van der Waals surface area contributed by atoms with Gasteiger partial charge in [0.2, 0.25) is 0 Å². The van der Waals surface area contributed by atoms with Crippen LogP contribution in [-0.2, 0) is 0 Å². The SMILES string of the molecule is Brc1cncc(C2=CCC3CCNC3C2)c1. The van der Waals surface area contributed by atoms with Crippen molar-refractivity contribution < 1.29 is 0 Å². The number of fused-ring (bicyclic) bond motifs is 1. The molecule has 2 heterocycles. The van der Waals surface area contributed by atoms with Crippen LogP contribution in [-0.4, -0.2) is 17.6 Å². The van der Waals surface area contributed by atoms with E-state index in [0.717, 1.165) is 16.8 Å². The fourth-order valence-corrected chi connectivity index (χ4v) is 3.14. The molecule has 2 aliphatic rings. The lowest BCUT2D eigenvalue weighted by molar-refractivity contribution is 0.445. The molecule has 84 valence electrons. The summed E-state index contributed by atoms with van der Waals surface area (Å²) in [5.41, 5.74) is 2.71. The molecule has 0 spiro atoms. The Morgan fingerprint density at radius 3 is 3.19 bits per heavy atom. The quantitative estimate of drug-likeness (QED) is 0.854. The summed E-state index contributed by atoms with van der Waals surface area (Å²) in [5.74, 6) is 0.865. The first-order valence-electron chi connectivity index (χ1n) is 5.86. The van der Waals surface area contributed by atoms with E-state index in [2.05, 4.69) is 38.4 Å². The van der Waals surface area contributed by atoms with Gasteiger partial charge in [-0.3, -0.25) is 4.98 Å². The lowest BCUT2D eigenvalue weighted by Gasteiger charge is -2.25. The van der Waals surface area contributed by atoms with Crippen LogP contribution in [0.25, 0.3) is 5.57 Å². The van der Waals surface area contributed by atoms with E-state index in [0.29, 0.717) is 6.04 Å². The monoisotopic (exact) mass is 278 g/mol. The fraction of sp³-hybridized carbons (Fsp3) is 0.462. The molecular weight excluding hydrogens is 264 g/mol. The molecule has 1 aromatic heterocycles. The third-order valence-electron chi connectivity index (χ3n) is 3.67. The van der Waals surface area contributed by atoms with Crippen LogP contribution in [0.1, 0.15) is 24.8 Å². The molecule has 1 aliphatic carbocycles. The number of halogens is 1. The highest BCUT2D eigenvalue weighted by Gasteiger charge is 2.29. The summed E-state index contributed by atoms with van der Waals surface area (Å²) < 4.78 is 1.06. The van der Waals surface area contributed by atoms with Crippen LogP contribution in [0.5, 0.6) is 0 Å². The van der Waals surface area contributed by atoms with Gasteiger partial charge in [0.1, 0.15) is 0 Å². The molecule has 3 heteroatoms. The van der Waals surface area contributed by atoms with Crippen molar-refractivity contribution in [3.63, 3.8) is 0 Å². The van der Waals surface area contributed by atoms with E-state index < -0.39 is 0 Å². The second-order valence-corrected chi connectivity index (χ2v) is 5.59. The Kier molecular flexibility index (Phi) is 2.82. The zero-order valence-electron chi connectivity index (χ0n) is 9.12. The molecule has 0 saturated carbocycles. The normalized spacial score (nSPS) is 28.7. The number of aromatic nitrogens is 1. The molecule has 2 nitrogen and oxygen atoms in total. The number of hydrogen-bond donors (Lipinski definition) is 1. The van der Waals surface area contributed by atoms with Gasteiger partial charge >= 0.3 is 0 Å². The van der Waals surface area contributed by atoms with E-state index in [1.54, 1.807) is 0 Å². The van der Waals surface area contributed by atoms with Crippen molar-refractivity contribution >= 4 is 21.5 Å². The van der Waals surface area contributed by atoms with E-state index in [-0.39, 0.29) is 0 Å². The Hall–Kier alpha value is -0.670. The highest BCUT2D eigenvalue weighted by molar-refractivity contribution is 9.10. The largest absolute Gasteiger partial charge is 0.313 e. The summed E-state index contributed by atoms with van der Waals surface area (Å²) in [5, 5.41) is 3.60. The Morgan fingerprint density at radius 1 is 1.38 bits per heavy atom. The van der Waals surface area contributed by atoms with Gasteiger partial charge in [-0.1, -0.05) is 6.08 Å². The number of nitrogens with zero attached hydrogens (tertiary/aromatic N) is 1. The Balaban J connectivity index is 1.85. The van der Waals surface area contributed by atoms with Gasteiger partial charge in [-0.05, 0) is 64.9 Å². The Bertz CT molecular complexity index is 428. The minimum atomic E-state index is 0.694. The predicted molar refractivity (Wildman–Crippen MR) is 69.0 cm³/mol. The molecule has 0 aromatic carbocycles. The van der Waals surface area contributed by atoms with Crippen LogP contribution in [0.4, 0.5) is 0 Å². The molecule has 1 N–H and O–H groups in total. The molecular formula is C13H15BrN2. The average Bonchev–Trinajstić information content (AvgIpc) is 2.75. The number of allylic oxidation sites excluding steroid dienone is 1. The van der Waals surface area contributed by atoms with Gasteiger partial charge in [0.05, 0.1) is 0 Å². The minimum absolute atomic E-state index is 0.694. The maximum atomic E-state index is 4.24. The Labute approximate surface area is 104 Å². The fourth-order valence-electron chi connectivity index (χ4n) is 2.78. The predicted octanol–water partition coefficient (Wildman–Crippen LogP) is 3.00.